The highest BCUT2D eigenvalue weighted by Gasteiger charge is 2.26. The van der Waals surface area contributed by atoms with Gasteiger partial charge in [0.25, 0.3) is 11.8 Å². The molecule has 2 heterocycles. The van der Waals surface area contributed by atoms with Gasteiger partial charge in [0, 0.05) is 61.8 Å². The van der Waals surface area contributed by atoms with Crippen molar-refractivity contribution in [3.8, 4) is 22.6 Å². The van der Waals surface area contributed by atoms with Crippen LogP contribution in [0, 0.1) is 6.92 Å². The summed E-state index contributed by atoms with van der Waals surface area (Å²) in [7, 11) is 8.56. The predicted octanol–water partition coefficient (Wildman–Crippen LogP) is 3.28. The molecule has 0 bridgehead atoms. The number of aromatic nitrogens is 1. The van der Waals surface area contributed by atoms with E-state index in [2.05, 4.69) is 26.9 Å². The molecule has 1 saturated heterocycles. The number of ether oxygens (including phenoxy) is 2. The molecule has 9 nitrogen and oxygen atoms in total. The Morgan fingerprint density at radius 2 is 1.76 bits per heavy atom. The standard InChI is InChI=1S/C29H37N5O4/c1-17-8-9-22(34-15-21(16-34)30-3)13-23(17)28(35)32-18(2)19-10-24(27(38-7)26(12-19)37-6)20-11-25(29(36)31-4)33(5)14-20/h8-14,18,21,30H,15-16H2,1-7H3,(H,31,36)(H,32,35)/t18-/m1/s1. The predicted molar refractivity (Wildman–Crippen MR) is 149 cm³/mol. The lowest BCUT2D eigenvalue weighted by atomic mass is 9.98. The van der Waals surface area contributed by atoms with Gasteiger partial charge in [-0.15, -0.1) is 0 Å². The fourth-order valence-electron chi connectivity index (χ4n) is 4.80. The van der Waals surface area contributed by atoms with Gasteiger partial charge in [-0.2, -0.15) is 0 Å². The van der Waals surface area contributed by atoms with Crippen molar-refractivity contribution < 1.29 is 19.1 Å². The minimum atomic E-state index is -0.316. The first kappa shape index (κ1) is 27.1. The summed E-state index contributed by atoms with van der Waals surface area (Å²) in [5, 5.41) is 9.09. The fraction of sp³-hybridized carbons (Fsp3) is 0.379. The molecule has 1 aliphatic rings. The number of nitrogens with one attached hydrogen (secondary N) is 3. The Morgan fingerprint density at radius 1 is 1.03 bits per heavy atom. The van der Waals surface area contributed by atoms with Gasteiger partial charge >= 0.3 is 0 Å². The molecule has 4 rings (SSSR count). The summed E-state index contributed by atoms with van der Waals surface area (Å²) in [6.07, 6.45) is 1.87. The minimum Gasteiger partial charge on any atom is -0.493 e. The van der Waals surface area contributed by atoms with Crippen molar-refractivity contribution in [2.75, 3.05) is 46.3 Å². The van der Waals surface area contributed by atoms with Crippen molar-refractivity contribution in [2.45, 2.75) is 25.9 Å². The number of aryl methyl sites for hydroxylation is 2. The molecule has 1 atom stereocenters. The van der Waals surface area contributed by atoms with E-state index in [-0.39, 0.29) is 17.9 Å². The van der Waals surface area contributed by atoms with Gasteiger partial charge in [0.15, 0.2) is 11.5 Å². The van der Waals surface area contributed by atoms with E-state index in [1.54, 1.807) is 25.8 Å². The molecular formula is C29H37N5O4. The van der Waals surface area contributed by atoms with Crippen molar-refractivity contribution in [3.63, 3.8) is 0 Å². The molecule has 0 aliphatic carbocycles. The van der Waals surface area contributed by atoms with Crippen LogP contribution in [-0.4, -0.2) is 63.8 Å². The summed E-state index contributed by atoms with van der Waals surface area (Å²) in [5.41, 5.74) is 5.57. The van der Waals surface area contributed by atoms with Gasteiger partial charge in [-0.25, -0.2) is 0 Å². The molecule has 38 heavy (non-hydrogen) atoms. The average Bonchev–Trinajstić information content (AvgIpc) is 3.28. The Balaban J connectivity index is 1.63. The SMILES string of the molecule is CNC(=O)c1cc(-c2cc([C@@H](C)NC(=O)c3cc(N4CC(NC)C4)ccc3C)cc(OC)c2OC)cn1C. The van der Waals surface area contributed by atoms with E-state index in [9.17, 15) is 9.59 Å². The molecular weight excluding hydrogens is 482 g/mol. The maximum atomic E-state index is 13.4. The van der Waals surface area contributed by atoms with E-state index >= 15 is 0 Å². The second kappa shape index (κ2) is 11.2. The smallest absolute Gasteiger partial charge is 0.267 e. The highest BCUT2D eigenvalue weighted by atomic mass is 16.5. The molecule has 2 aromatic carbocycles. The van der Waals surface area contributed by atoms with Crippen molar-refractivity contribution in [2.24, 2.45) is 7.05 Å². The van der Waals surface area contributed by atoms with Gasteiger partial charge in [-0.1, -0.05) is 6.07 Å². The zero-order chi connectivity index (χ0) is 27.6. The number of hydrogen-bond acceptors (Lipinski definition) is 6. The summed E-state index contributed by atoms with van der Waals surface area (Å²) in [6.45, 7) is 5.74. The van der Waals surface area contributed by atoms with E-state index in [0.717, 1.165) is 41.0 Å². The first-order chi connectivity index (χ1) is 18.2. The highest BCUT2D eigenvalue weighted by molar-refractivity contribution is 5.97. The number of hydrogen-bond donors (Lipinski definition) is 3. The van der Waals surface area contributed by atoms with E-state index in [1.807, 2.05) is 64.5 Å². The second-order valence-electron chi connectivity index (χ2n) is 9.69. The lowest BCUT2D eigenvalue weighted by Crippen LogP contribution is -2.57. The molecule has 0 spiro atoms. The van der Waals surface area contributed by atoms with Crippen LogP contribution in [-0.2, 0) is 7.05 Å². The van der Waals surface area contributed by atoms with Crippen molar-refractivity contribution >= 4 is 17.5 Å². The molecule has 202 valence electrons. The molecule has 1 aromatic heterocycles. The van der Waals surface area contributed by atoms with Crippen LogP contribution in [0.15, 0.2) is 42.6 Å². The van der Waals surface area contributed by atoms with Gasteiger partial charge in [0.05, 0.1) is 20.3 Å². The molecule has 3 N–H and O–H groups in total. The third-order valence-electron chi connectivity index (χ3n) is 7.25. The van der Waals surface area contributed by atoms with E-state index in [4.69, 9.17) is 9.47 Å². The Bertz CT molecular complexity index is 1340. The molecule has 9 heteroatoms. The topological polar surface area (TPSA) is 96.9 Å². The van der Waals surface area contributed by atoms with Crippen molar-refractivity contribution in [3.05, 3.63) is 65.0 Å². The quantitative estimate of drug-likeness (QED) is 0.402. The molecule has 2 amide bonds. The van der Waals surface area contributed by atoms with Gasteiger partial charge in [0.2, 0.25) is 0 Å². The van der Waals surface area contributed by atoms with Crippen LogP contribution < -0.4 is 30.3 Å². The summed E-state index contributed by atoms with van der Waals surface area (Å²) >= 11 is 0. The zero-order valence-corrected chi connectivity index (χ0v) is 23.1. The third-order valence-corrected chi connectivity index (χ3v) is 7.25. The first-order valence-corrected chi connectivity index (χ1v) is 12.7. The minimum absolute atomic E-state index is 0.138. The number of anilines is 1. The van der Waals surface area contributed by atoms with Gasteiger partial charge in [0.1, 0.15) is 5.69 Å². The number of carbonyl (C=O) groups excluding carboxylic acids is 2. The maximum Gasteiger partial charge on any atom is 0.267 e. The number of likely N-dealkylation sites (N-methyl/N-ethyl adjacent to an activating group) is 1. The van der Waals surface area contributed by atoms with Crippen LogP contribution >= 0.6 is 0 Å². The average molecular weight is 520 g/mol. The van der Waals surface area contributed by atoms with Crippen molar-refractivity contribution in [1.29, 1.82) is 0 Å². The zero-order valence-electron chi connectivity index (χ0n) is 23.1. The third kappa shape index (κ3) is 5.19. The summed E-state index contributed by atoms with van der Waals surface area (Å²) in [4.78, 5) is 27.9. The van der Waals surface area contributed by atoms with E-state index in [0.29, 0.717) is 28.8 Å². The fourth-order valence-corrected chi connectivity index (χ4v) is 4.80. The molecule has 3 aromatic rings. The van der Waals surface area contributed by atoms with Crippen LogP contribution in [0.25, 0.3) is 11.1 Å². The molecule has 1 aliphatic heterocycles. The molecule has 0 unspecified atom stereocenters. The summed E-state index contributed by atoms with van der Waals surface area (Å²) in [6, 6.07) is 11.8. The number of methoxy groups -OCH3 is 2. The van der Waals surface area contributed by atoms with Crippen molar-refractivity contribution in [1.82, 2.24) is 20.5 Å². The number of carbonyl (C=O) groups is 2. The Morgan fingerprint density at radius 3 is 2.39 bits per heavy atom. The number of nitrogens with zero attached hydrogens (tertiary/aromatic N) is 2. The second-order valence-corrected chi connectivity index (χ2v) is 9.69. The maximum absolute atomic E-state index is 13.4. The number of rotatable bonds is 9. The van der Waals surface area contributed by atoms with Crippen LogP contribution in [0.5, 0.6) is 11.5 Å². The number of amides is 2. The van der Waals surface area contributed by atoms with Crippen LogP contribution in [0.3, 0.4) is 0 Å². The van der Waals surface area contributed by atoms with E-state index in [1.165, 1.54) is 0 Å². The first-order valence-electron chi connectivity index (χ1n) is 12.7. The lowest BCUT2D eigenvalue weighted by molar-refractivity contribution is 0.0935. The van der Waals surface area contributed by atoms with E-state index < -0.39 is 0 Å². The summed E-state index contributed by atoms with van der Waals surface area (Å²) < 4.78 is 13.1. The highest BCUT2D eigenvalue weighted by Crippen LogP contribution is 2.41. The van der Waals surface area contributed by atoms with Gasteiger partial charge in [-0.3, -0.25) is 9.59 Å². The van der Waals surface area contributed by atoms with Crippen LogP contribution in [0.4, 0.5) is 5.69 Å². The lowest BCUT2D eigenvalue weighted by Gasteiger charge is -2.41. The van der Waals surface area contributed by atoms with Crippen LogP contribution in [0.1, 0.15) is 44.9 Å². The molecule has 1 fully saturated rings. The molecule has 0 radical (unpaired) electrons. The van der Waals surface area contributed by atoms with Crippen LogP contribution in [0.2, 0.25) is 0 Å². The monoisotopic (exact) mass is 519 g/mol. The molecule has 0 saturated carbocycles. The summed E-state index contributed by atoms with van der Waals surface area (Å²) in [5.74, 6) is 0.780. The Hall–Kier alpha value is -3.98. The Labute approximate surface area is 224 Å². The van der Waals surface area contributed by atoms with Gasteiger partial charge in [-0.05, 0) is 62.4 Å². The normalized spacial score (nSPS) is 14.0. The number of benzene rings is 2. The largest absolute Gasteiger partial charge is 0.493 e. The Kier molecular flexibility index (Phi) is 7.97. The van der Waals surface area contributed by atoms with Gasteiger partial charge < -0.3 is 34.9 Å².